The van der Waals surface area contributed by atoms with Gasteiger partial charge in [-0.25, -0.2) is 4.57 Å². The van der Waals surface area contributed by atoms with Gasteiger partial charge in [-0.3, -0.25) is 0 Å². The second-order valence-corrected chi connectivity index (χ2v) is 8.07. The molecule has 0 bridgehead atoms. The number of amides is 1. The lowest BCUT2D eigenvalue weighted by Crippen LogP contribution is -2.66. The molecule has 136 valence electrons. The number of allylic oxidation sites excluding steroid dienone is 5. The van der Waals surface area contributed by atoms with Crippen molar-refractivity contribution in [2.75, 3.05) is 12.9 Å². The van der Waals surface area contributed by atoms with Crippen LogP contribution in [0.15, 0.2) is 52.9 Å². The minimum atomic E-state index is -0.532. The zero-order valence-electron chi connectivity index (χ0n) is 15.7. The van der Waals surface area contributed by atoms with Crippen molar-refractivity contribution in [3.05, 3.63) is 47.8 Å². The highest BCUT2D eigenvalue weighted by Crippen LogP contribution is 2.58. The number of quaternary nitrogens is 1. The van der Waals surface area contributed by atoms with Gasteiger partial charge in [0.2, 0.25) is 0 Å². The minimum absolute atomic E-state index is 0.0102. The predicted octanol–water partition coefficient (Wildman–Crippen LogP) is 4.88. The maximum atomic E-state index is 13.3. The minimum Gasteiger partial charge on any atom is -0.423 e. The summed E-state index contributed by atoms with van der Waals surface area (Å²) in [7, 11) is 1.46. The van der Waals surface area contributed by atoms with Gasteiger partial charge in [-0.05, 0) is 36.8 Å². The van der Waals surface area contributed by atoms with Gasteiger partial charge < -0.3 is 4.74 Å². The molecule has 0 saturated heterocycles. The van der Waals surface area contributed by atoms with Crippen molar-refractivity contribution in [2.24, 2.45) is 0 Å². The summed E-state index contributed by atoms with van der Waals surface area (Å²) >= 11 is 1.79. The third-order valence-corrected chi connectivity index (χ3v) is 6.75. The normalized spacial score (nSPS) is 28.5. The van der Waals surface area contributed by atoms with Crippen LogP contribution in [-0.2, 0) is 4.74 Å². The molecule has 1 spiro atoms. The Morgan fingerprint density at radius 1 is 1.46 bits per heavy atom. The van der Waals surface area contributed by atoms with Gasteiger partial charge in [0.1, 0.15) is 10.7 Å². The standard InChI is InChI=1S/C20H24N3O2S/c1-5-12-26-16-13-21-18-22(16)17-14(2)8-6-10-20(17)11-7-9-15(3)23(18,20)19(24)25-4/h6-9,11,13H,5,10,12H2,1-4H3/q+1. The van der Waals surface area contributed by atoms with Crippen LogP contribution in [-0.4, -0.2) is 34.0 Å². The third kappa shape index (κ3) is 1.86. The summed E-state index contributed by atoms with van der Waals surface area (Å²) in [6.45, 7) is 6.28. The third-order valence-electron chi connectivity index (χ3n) is 5.55. The molecule has 2 atom stereocenters. The predicted molar refractivity (Wildman–Crippen MR) is 106 cm³/mol. The maximum Gasteiger partial charge on any atom is 0.529 e. The van der Waals surface area contributed by atoms with Crippen molar-refractivity contribution in [1.82, 2.24) is 14.0 Å². The van der Waals surface area contributed by atoms with Crippen LogP contribution in [0.4, 0.5) is 10.7 Å². The van der Waals surface area contributed by atoms with Crippen molar-refractivity contribution < 1.29 is 9.53 Å². The van der Waals surface area contributed by atoms with E-state index in [1.165, 1.54) is 7.11 Å². The lowest BCUT2D eigenvalue weighted by molar-refractivity contribution is 0.118. The number of carbonyl (C=O) groups excluding carboxylic acids is 1. The van der Waals surface area contributed by atoms with Crippen molar-refractivity contribution in [3.8, 4) is 0 Å². The lowest BCUT2D eigenvalue weighted by Gasteiger charge is -2.43. The molecule has 0 saturated carbocycles. The number of nitrogens with zero attached hydrogens (tertiary/aromatic N) is 3. The number of thioether (sulfide) groups is 1. The van der Waals surface area contributed by atoms with Gasteiger partial charge >= 0.3 is 12.0 Å². The van der Waals surface area contributed by atoms with Crippen LogP contribution in [0.2, 0.25) is 0 Å². The first kappa shape index (κ1) is 17.4. The molecule has 6 heteroatoms. The molecule has 0 N–H and O–H groups in total. The summed E-state index contributed by atoms with van der Waals surface area (Å²) in [5, 5.41) is 1.09. The first-order valence-corrected chi connectivity index (χ1v) is 9.97. The molecule has 1 aromatic heterocycles. The number of fused-ring (bicyclic) bond motifs is 3. The van der Waals surface area contributed by atoms with E-state index in [9.17, 15) is 4.79 Å². The number of hydrogen-bond acceptors (Lipinski definition) is 4. The van der Waals surface area contributed by atoms with Gasteiger partial charge in [0, 0.05) is 13.3 Å². The van der Waals surface area contributed by atoms with Crippen LogP contribution in [0.3, 0.4) is 0 Å². The molecule has 26 heavy (non-hydrogen) atoms. The average Bonchev–Trinajstić information content (AvgIpc) is 3.14. The molecule has 1 amide bonds. The highest BCUT2D eigenvalue weighted by atomic mass is 32.2. The van der Waals surface area contributed by atoms with Crippen molar-refractivity contribution in [3.63, 3.8) is 0 Å². The molecule has 0 aromatic carbocycles. The molecule has 5 nitrogen and oxygen atoms in total. The van der Waals surface area contributed by atoms with Crippen molar-refractivity contribution in [2.45, 2.75) is 44.2 Å². The molecule has 1 aliphatic carbocycles. The SMILES string of the molecule is CCCSc1cnc2n1C1=C(C)C=CCC13C=CC=C(C)[N+]23C(=O)OC. The molecule has 4 rings (SSSR count). The first-order chi connectivity index (χ1) is 12.5. The highest BCUT2D eigenvalue weighted by Gasteiger charge is 2.70. The topological polar surface area (TPSA) is 44.1 Å². The summed E-state index contributed by atoms with van der Waals surface area (Å²) in [6.07, 6.45) is 13.9. The largest absolute Gasteiger partial charge is 0.529 e. The molecule has 0 radical (unpaired) electrons. The zero-order valence-corrected chi connectivity index (χ0v) is 16.5. The number of imidazole rings is 1. The number of rotatable bonds is 3. The quantitative estimate of drug-likeness (QED) is 0.562. The summed E-state index contributed by atoms with van der Waals surface area (Å²) in [5.74, 6) is 1.75. The molecule has 2 aliphatic heterocycles. The molecule has 2 unspecified atom stereocenters. The molecule has 1 aromatic rings. The van der Waals surface area contributed by atoms with Gasteiger partial charge in [0.05, 0.1) is 19.0 Å². The maximum absolute atomic E-state index is 13.3. The van der Waals surface area contributed by atoms with Gasteiger partial charge in [0.15, 0.2) is 5.54 Å². The first-order valence-electron chi connectivity index (χ1n) is 8.98. The van der Waals surface area contributed by atoms with Crippen LogP contribution in [0, 0.1) is 0 Å². The highest BCUT2D eigenvalue weighted by molar-refractivity contribution is 7.99. The number of ether oxygens (including phenoxy) is 1. The molecule has 3 heterocycles. The van der Waals surface area contributed by atoms with Crippen LogP contribution < -0.4 is 4.48 Å². The van der Waals surface area contributed by atoms with Crippen molar-refractivity contribution >= 4 is 29.5 Å². The molecular formula is C20H24N3O2S+. The van der Waals surface area contributed by atoms with Gasteiger partial charge in [-0.1, -0.05) is 25.2 Å². The van der Waals surface area contributed by atoms with Gasteiger partial charge in [-0.15, -0.1) is 16.2 Å². The van der Waals surface area contributed by atoms with E-state index in [-0.39, 0.29) is 10.6 Å². The lowest BCUT2D eigenvalue weighted by atomic mass is 9.80. The Kier molecular flexibility index (Phi) is 4.00. The Hall–Kier alpha value is -2.05. The summed E-state index contributed by atoms with van der Waals surface area (Å²) in [5.41, 5.74) is 2.70. The Morgan fingerprint density at radius 3 is 3.00 bits per heavy atom. The van der Waals surface area contributed by atoms with Crippen LogP contribution in [0.5, 0.6) is 0 Å². The number of aromatic nitrogens is 2. The summed E-state index contributed by atoms with van der Waals surface area (Å²) in [4.78, 5) is 18.0. The molecule has 0 fully saturated rings. The van der Waals surface area contributed by atoms with E-state index in [0.717, 1.165) is 46.5 Å². The summed E-state index contributed by atoms with van der Waals surface area (Å²) in [6, 6.07) is 0. The zero-order chi connectivity index (χ0) is 18.5. The second-order valence-electron chi connectivity index (χ2n) is 6.95. The van der Waals surface area contributed by atoms with Crippen LogP contribution >= 0.6 is 11.8 Å². The van der Waals surface area contributed by atoms with Crippen LogP contribution in [0.25, 0.3) is 5.70 Å². The van der Waals surface area contributed by atoms with E-state index in [1.54, 1.807) is 11.8 Å². The van der Waals surface area contributed by atoms with Gasteiger partial charge in [0.25, 0.3) is 0 Å². The Morgan fingerprint density at radius 2 is 2.27 bits per heavy atom. The Bertz CT molecular complexity index is 908. The summed E-state index contributed by atoms with van der Waals surface area (Å²) < 4.78 is 7.53. The fraction of sp³-hybridized carbons (Fsp3) is 0.400. The van der Waals surface area contributed by atoms with Crippen LogP contribution in [0.1, 0.15) is 33.6 Å². The van der Waals surface area contributed by atoms with E-state index >= 15 is 0 Å². The average molecular weight is 370 g/mol. The Labute approximate surface area is 158 Å². The fourth-order valence-electron chi connectivity index (χ4n) is 4.57. The number of carbonyl (C=O) groups is 1. The monoisotopic (exact) mass is 370 g/mol. The second kappa shape index (κ2) is 5.99. The van der Waals surface area contributed by atoms with Crippen molar-refractivity contribution in [1.29, 1.82) is 0 Å². The van der Waals surface area contributed by atoms with E-state index in [2.05, 4.69) is 42.7 Å². The van der Waals surface area contributed by atoms with Gasteiger partial charge in [-0.2, -0.15) is 9.78 Å². The number of hydrogen-bond donors (Lipinski definition) is 0. The fourth-order valence-corrected chi connectivity index (χ4v) is 5.42. The smallest absolute Gasteiger partial charge is 0.423 e. The molecule has 3 aliphatic rings. The molecular weight excluding hydrogens is 346 g/mol. The van der Waals surface area contributed by atoms with E-state index in [1.807, 2.05) is 19.2 Å². The Balaban J connectivity index is 2.09. The van der Waals surface area contributed by atoms with E-state index < -0.39 is 5.54 Å². The van der Waals surface area contributed by atoms with E-state index in [0.29, 0.717) is 0 Å². The number of methoxy groups -OCH3 is 1. The van der Waals surface area contributed by atoms with E-state index in [4.69, 9.17) is 9.72 Å².